The van der Waals surface area contributed by atoms with Crippen molar-refractivity contribution in [3.8, 4) is 5.75 Å². The van der Waals surface area contributed by atoms with Gasteiger partial charge in [-0.15, -0.1) is 0 Å². The van der Waals surface area contributed by atoms with Crippen LogP contribution in [-0.2, 0) is 6.42 Å². The highest BCUT2D eigenvalue weighted by Crippen LogP contribution is 2.30. The number of hydrogen-bond acceptors (Lipinski definition) is 3. The molecular weight excluding hydrogens is 250 g/mol. The number of nitrogens with one attached hydrogen (secondary N) is 1. The summed E-state index contributed by atoms with van der Waals surface area (Å²) in [7, 11) is 0. The minimum Gasteiger partial charge on any atom is -0.493 e. The molecule has 1 atom stereocenters. The van der Waals surface area contributed by atoms with E-state index in [1.54, 1.807) is 0 Å². The van der Waals surface area contributed by atoms with Crippen LogP contribution in [0.1, 0.15) is 56.2 Å². The van der Waals surface area contributed by atoms with Crippen LogP contribution in [-0.4, -0.2) is 23.9 Å². The number of aliphatic hydroxyl groups is 1. The van der Waals surface area contributed by atoms with Crippen LogP contribution in [0.15, 0.2) is 18.2 Å². The molecule has 1 unspecified atom stereocenters. The second kappa shape index (κ2) is 6.15. The van der Waals surface area contributed by atoms with Gasteiger partial charge in [0.2, 0.25) is 0 Å². The summed E-state index contributed by atoms with van der Waals surface area (Å²) in [5.74, 6) is 1.06. The first-order valence-corrected chi connectivity index (χ1v) is 7.96. The maximum atomic E-state index is 9.60. The second-order valence-electron chi connectivity index (χ2n) is 6.10. The van der Waals surface area contributed by atoms with Crippen LogP contribution in [0.3, 0.4) is 0 Å². The smallest absolute Gasteiger partial charge is 0.122 e. The van der Waals surface area contributed by atoms with Crippen LogP contribution >= 0.6 is 0 Å². The number of aliphatic hydroxyl groups excluding tert-OH is 1. The van der Waals surface area contributed by atoms with Crippen molar-refractivity contribution in [2.24, 2.45) is 0 Å². The normalized spacial score (nSPS) is 26.9. The SMILES string of the molecule is CCC(NC1CCC(O)CC1)c1ccc2c(c1)CCO2. The Bertz CT molecular complexity index is 452. The lowest BCUT2D eigenvalue weighted by molar-refractivity contribution is 0.114. The lowest BCUT2D eigenvalue weighted by Crippen LogP contribution is -2.36. The number of fused-ring (bicyclic) bond motifs is 1. The number of benzene rings is 1. The molecule has 0 bridgehead atoms. The lowest BCUT2D eigenvalue weighted by Gasteiger charge is -2.30. The van der Waals surface area contributed by atoms with Crippen molar-refractivity contribution in [2.75, 3.05) is 6.61 Å². The van der Waals surface area contributed by atoms with Gasteiger partial charge < -0.3 is 15.2 Å². The van der Waals surface area contributed by atoms with E-state index in [0.29, 0.717) is 12.1 Å². The molecule has 0 spiro atoms. The Hall–Kier alpha value is -1.06. The Morgan fingerprint density at radius 1 is 1.30 bits per heavy atom. The molecule has 110 valence electrons. The highest BCUT2D eigenvalue weighted by atomic mass is 16.5. The summed E-state index contributed by atoms with van der Waals surface area (Å²) in [4.78, 5) is 0. The fourth-order valence-electron chi connectivity index (χ4n) is 3.40. The van der Waals surface area contributed by atoms with Gasteiger partial charge in [-0.25, -0.2) is 0 Å². The molecule has 0 saturated heterocycles. The fourth-order valence-corrected chi connectivity index (χ4v) is 3.40. The molecule has 1 aromatic rings. The van der Waals surface area contributed by atoms with E-state index >= 15 is 0 Å². The Morgan fingerprint density at radius 2 is 2.10 bits per heavy atom. The molecule has 0 aromatic heterocycles. The third-order valence-corrected chi connectivity index (χ3v) is 4.66. The average Bonchev–Trinajstić information content (AvgIpc) is 2.94. The third-order valence-electron chi connectivity index (χ3n) is 4.66. The van der Waals surface area contributed by atoms with Crippen molar-refractivity contribution in [3.05, 3.63) is 29.3 Å². The molecule has 1 aromatic carbocycles. The Morgan fingerprint density at radius 3 is 2.85 bits per heavy atom. The Balaban J connectivity index is 1.67. The molecule has 20 heavy (non-hydrogen) atoms. The summed E-state index contributed by atoms with van der Waals surface area (Å²) in [6.07, 6.45) is 6.11. The maximum absolute atomic E-state index is 9.60. The summed E-state index contributed by atoms with van der Waals surface area (Å²) < 4.78 is 5.58. The van der Waals surface area contributed by atoms with Gasteiger partial charge in [-0.05, 0) is 49.3 Å². The van der Waals surface area contributed by atoms with E-state index in [1.807, 2.05) is 0 Å². The van der Waals surface area contributed by atoms with Crippen LogP contribution in [0.4, 0.5) is 0 Å². The highest BCUT2D eigenvalue weighted by Gasteiger charge is 2.23. The van der Waals surface area contributed by atoms with Gasteiger partial charge in [0.1, 0.15) is 5.75 Å². The van der Waals surface area contributed by atoms with Gasteiger partial charge in [0.25, 0.3) is 0 Å². The first-order chi connectivity index (χ1) is 9.76. The van der Waals surface area contributed by atoms with E-state index in [4.69, 9.17) is 4.74 Å². The number of rotatable bonds is 4. The van der Waals surface area contributed by atoms with Crippen molar-refractivity contribution in [1.82, 2.24) is 5.32 Å². The monoisotopic (exact) mass is 275 g/mol. The van der Waals surface area contributed by atoms with Crippen LogP contribution in [0.2, 0.25) is 0 Å². The molecule has 1 aliphatic carbocycles. The van der Waals surface area contributed by atoms with Crippen molar-refractivity contribution < 1.29 is 9.84 Å². The molecule has 0 radical (unpaired) electrons. The van der Waals surface area contributed by atoms with E-state index in [0.717, 1.165) is 50.9 Å². The first kappa shape index (κ1) is 13.9. The summed E-state index contributed by atoms with van der Waals surface area (Å²) in [6, 6.07) is 7.59. The standard InChI is InChI=1S/C17H25NO2/c1-2-16(18-14-4-6-15(19)7-5-14)12-3-8-17-13(11-12)9-10-20-17/h3,8,11,14-16,18-19H,2,4-7,9-10H2,1H3. The van der Waals surface area contributed by atoms with Gasteiger partial charge in [-0.1, -0.05) is 19.1 Å². The zero-order chi connectivity index (χ0) is 13.9. The number of ether oxygens (including phenoxy) is 1. The zero-order valence-electron chi connectivity index (χ0n) is 12.3. The quantitative estimate of drug-likeness (QED) is 0.887. The van der Waals surface area contributed by atoms with E-state index < -0.39 is 0 Å². The van der Waals surface area contributed by atoms with Crippen molar-refractivity contribution in [1.29, 1.82) is 0 Å². The van der Waals surface area contributed by atoms with Crippen molar-refractivity contribution >= 4 is 0 Å². The molecule has 2 N–H and O–H groups in total. The summed E-state index contributed by atoms with van der Waals surface area (Å²) >= 11 is 0. The molecule has 0 amide bonds. The van der Waals surface area contributed by atoms with Crippen molar-refractivity contribution in [2.45, 2.75) is 63.6 Å². The van der Waals surface area contributed by atoms with E-state index in [-0.39, 0.29) is 6.10 Å². The van der Waals surface area contributed by atoms with E-state index in [9.17, 15) is 5.11 Å². The van der Waals surface area contributed by atoms with Gasteiger partial charge in [0, 0.05) is 18.5 Å². The van der Waals surface area contributed by atoms with E-state index in [2.05, 4.69) is 30.4 Å². The maximum Gasteiger partial charge on any atom is 0.122 e. The van der Waals surface area contributed by atoms with Crippen LogP contribution in [0.25, 0.3) is 0 Å². The van der Waals surface area contributed by atoms with Gasteiger partial charge in [0.05, 0.1) is 12.7 Å². The average molecular weight is 275 g/mol. The molecule has 1 fully saturated rings. The molecule has 1 aliphatic heterocycles. The van der Waals surface area contributed by atoms with Gasteiger partial charge >= 0.3 is 0 Å². The fraction of sp³-hybridized carbons (Fsp3) is 0.647. The van der Waals surface area contributed by atoms with Gasteiger partial charge in [-0.3, -0.25) is 0 Å². The molecule has 3 rings (SSSR count). The summed E-state index contributed by atoms with van der Waals surface area (Å²) in [5, 5.41) is 13.4. The van der Waals surface area contributed by atoms with Crippen LogP contribution < -0.4 is 10.1 Å². The topological polar surface area (TPSA) is 41.5 Å². The predicted molar refractivity (Wildman–Crippen MR) is 80.1 cm³/mol. The molecule has 1 saturated carbocycles. The summed E-state index contributed by atoms with van der Waals surface area (Å²) in [5.41, 5.74) is 2.73. The lowest BCUT2D eigenvalue weighted by atomic mass is 9.91. The Kier molecular flexibility index (Phi) is 4.27. The number of hydrogen-bond donors (Lipinski definition) is 2. The van der Waals surface area contributed by atoms with Crippen molar-refractivity contribution in [3.63, 3.8) is 0 Å². The van der Waals surface area contributed by atoms with Gasteiger partial charge in [-0.2, -0.15) is 0 Å². The van der Waals surface area contributed by atoms with E-state index in [1.165, 1.54) is 11.1 Å². The van der Waals surface area contributed by atoms with Crippen LogP contribution in [0, 0.1) is 0 Å². The minimum absolute atomic E-state index is 0.0785. The molecule has 3 heteroatoms. The zero-order valence-corrected chi connectivity index (χ0v) is 12.3. The van der Waals surface area contributed by atoms with Gasteiger partial charge in [0.15, 0.2) is 0 Å². The first-order valence-electron chi connectivity index (χ1n) is 7.96. The molecule has 3 nitrogen and oxygen atoms in total. The largest absolute Gasteiger partial charge is 0.493 e. The second-order valence-corrected chi connectivity index (χ2v) is 6.10. The minimum atomic E-state index is -0.0785. The third kappa shape index (κ3) is 2.99. The molecule has 2 aliphatic rings. The molecule has 1 heterocycles. The highest BCUT2D eigenvalue weighted by molar-refractivity contribution is 5.40. The Labute approximate surface area is 121 Å². The molecular formula is C17H25NO2. The predicted octanol–water partition coefficient (Wildman–Crippen LogP) is 2.97. The summed E-state index contributed by atoms with van der Waals surface area (Å²) in [6.45, 7) is 3.06. The van der Waals surface area contributed by atoms with Crippen LogP contribution in [0.5, 0.6) is 5.75 Å².